The molecule has 0 aromatic heterocycles. The number of carbonyl (C=O) groups excluding carboxylic acids is 1. The number of carbonyl (C=O) groups is 1. The highest BCUT2D eigenvalue weighted by Crippen LogP contribution is 2.31. The molecular formula is C5H7F3O4. The van der Waals surface area contributed by atoms with E-state index in [-0.39, 0.29) is 0 Å². The number of rotatable bonds is 2. The minimum Gasteiger partial charge on any atom is -0.465 e. The molecule has 0 aromatic rings. The molecule has 7 heteroatoms. The van der Waals surface area contributed by atoms with Gasteiger partial charge in [0.15, 0.2) is 0 Å². The van der Waals surface area contributed by atoms with Gasteiger partial charge in [-0.15, -0.1) is 0 Å². The summed E-state index contributed by atoms with van der Waals surface area (Å²) in [5, 5.41) is 8.60. The number of ether oxygens (including phenoxy) is 2. The molecular weight excluding hydrogens is 181 g/mol. The lowest BCUT2D eigenvalue weighted by Gasteiger charge is -2.25. The van der Waals surface area contributed by atoms with E-state index in [0.717, 1.165) is 0 Å². The van der Waals surface area contributed by atoms with Gasteiger partial charge in [0.2, 0.25) is 0 Å². The quantitative estimate of drug-likeness (QED) is 0.491. The number of alkyl halides is 3. The van der Waals surface area contributed by atoms with Crippen molar-refractivity contribution in [2.45, 2.75) is 12.0 Å². The van der Waals surface area contributed by atoms with Crippen LogP contribution in [0.2, 0.25) is 0 Å². The Bertz CT molecular complexity index is 178. The second kappa shape index (κ2) is 3.28. The smallest absolute Gasteiger partial charge is 0.455 e. The zero-order valence-corrected chi connectivity index (χ0v) is 6.31. The third-order valence-electron chi connectivity index (χ3n) is 1.14. The first-order chi connectivity index (χ1) is 5.29. The summed E-state index contributed by atoms with van der Waals surface area (Å²) in [6, 6.07) is 0. The summed E-state index contributed by atoms with van der Waals surface area (Å²) >= 11 is 0. The summed E-state index contributed by atoms with van der Waals surface area (Å²) in [4.78, 5) is 10.4. The fourth-order valence-corrected chi connectivity index (χ4v) is 0.453. The number of hydrogen-bond donors (Lipinski definition) is 1. The zero-order valence-electron chi connectivity index (χ0n) is 6.31. The Balaban J connectivity index is 4.80. The fourth-order valence-electron chi connectivity index (χ4n) is 0.453. The number of esters is 1. The summed E-state index contributed by atoms with van der Waals surface area (Å²) in [5.41, 5.74) is 0. The molecule has 4 nitrogen and oxygen atoms in total. The van der Waals surface area contributed by atoms with Gasteiger partial charge in [-0.05, 0) is 0 Å². The third kappa shape index (κ3) is 1.67. The van der Waals surface area contributed by atoms with E-state index in [1.165, 1.54) is 0 Å². The number of methoxy groups -OCH3 is 2. The van der Waals surface area contributed by atoms with Crippen molar-refractivity contribution in [1.82, 2.24) is 0 Å². The van der Waals surface area contributed by atoms with Crippen LogP contribution in [0.3, 0.4) is 0 Å². The van der Waals surface area contributed by atoms with Crippen molar-refractivity contribution < 1.29 is 32.5 Å². The molecule has 0 aliphatic rings. The monoisotopic (exact) mass is 188 g/mol. The van der Waals surface area contributed by atoms with Gasteiger partial charge in [0.1, 0.15) is 0 Å². The van der Waals surface area contributed by atoms with E-state index in [1.807, 2.05) is 0 Å². The molecule has 1 N–H and O–H groups in total. The van der Waals surface area contributed by atoms with E-state index in [4.69, 9.17) is 5.11 Å². The lowest BCUT2D eigenvalue weighted by molar-refractivity contribution is -0.345. The molecule has 0 amide bonds. The first-order valence-electron chi connectivity index (χ1n) is 2.72. The maximum absolute atomic E-state index is 11.9. The third-order valence-corrected chi connectivity index (χ3v) is 1.14. The summed E-state index contributed by atoms with van der Waals surface area (Å²) < 4.78 is 42.9. The van der Waals surface area contributed by atoms with Crippen molar-refractivity contribution in [3.05, 3.63) is 0 Å². The van der Waals surface area contributed by atoms with Crippen molar-refractivity contribution in [1.29, 1.82) is 0 Å². The van der Waals surface area contributed by atoms with Crippen molar-refractivity contribution in [3.63, 3.8) is 0 Å². The van der Waals surface area contributed by atoms with Crippen molar-refractivity contribution >= 4 is 5.97 Å². The molecule has 0 aromatic carbocycles. The lowest BCUT2D eigenvalue weighted by atomic mass is 10.3. The average Bonchev–Trinajstić information content (AvgIpc) is 1.99. The Morgan fingerprint density at radius 2 is 1.75 bits per heavy atom. The van der Waals surface area contributed by atoms with E-state index in [0.29, 0.717) is 14.2 Å². The molecule has 0 spiro atoms. The normalized spacial score (nSPS) is 16.8. The topological polar surface area (TPSA) is 55.8 Å². The van der Waals surface area contributed by atoms with Crippen LogP contribution < -0.4 is 0 Å². The number of halogens is 3. The second-order valence-electron chi connectivity index (χ2n) is 1.84. The molecule has 1 unspecified atom stereocenters. The van der Waals surface area contributed by atoms with Gasteiger partial charge in [-0.3, -0.25) is 0 Å². The summed E-state index contributed by atoms with van der Waals surface area (Å²) in [7, 11) is 1.25. The van der Waals surface area contributed by atoms with Crippen LogP contribution in [-0.2, 0) is 14.3 Å². The summed E-state index contributed by atoms with van der Waals surface area (Å²) in [5.74, 6) is -5.78. The molecule has 0 aliphatic carbocycles. The Morgan fingerprint density at radius 3 is 1.83 bits per heavy atom. The number of aliphatic hydroxyl groups is 1. The highest BCUT2D eigenvalue weighted by Gasteiger charge is 2.62. The van der Waals surface area contributed by atoms with Gasteiger partial charge in [0.05, 0.1) is 7.11 Å². The zero-order chi connectivity index (χ0) is 9.99. The molecule has 0 radical (unpaired) electrons. The first kappa shape index (κ1) is 11.2. The maximum Gasteiger partial charge on any atom is 0.455 e. The Morgan fingerprint density at radius 1 is 1.33 bits per heavy atom. The van der Waals surface area contributed by atoms with Gasteiger partial charge in [0.25, 0.3) is 0 Å². The Hall–Kier alpha value is -0.820. The van der Waals surface area contributed by atoms with Crippen molar-refractivity contribution in [2.75, 3.05) is 14.2 Å². The fraction of sp³-hybridized carbons (Fsp3) is 0.800. The Kier molecular flexibility index (Phi) is 3.05. The minimum absolute atomic E-state index is 0.546. The largest absolute Gasteiger partial charge is 0.465 e. The average molecular weight is 188 g/mol. The van der Waals surface area contributed by atoms with Gasteiger partial charge < -0.3 is 14.6 Å². The van der Waals surface area contributed by atoms with Crippen LogP contribution in [-0.4, -0.2) is 37.3 Å². The van der Waals surface area contributed by atoms with Crippen LogP contribution in [0.5, 0.6) is 0 Å². The van der Waals surface area contributed by atoms with E-state index in [9.17, 15) is 18.0 Å². The minimum atomic E-state index is -5.21. The van der Waals surface area contributed by atoms with E-state index < -0.39 is 17.9 Å². The van der Waals surface area contributed by atoms with Crippen LogP contribution in [0.1, 0.15) is 0 Å². The van der Waals surface area contributed by atoms with E-state index >= 15 is 0 Å². The first-order valence-corrected chi connectivity index (χ1v) is 2.72. The van der Waals surface area contributed by atoms with Gasteiger partial charge in [0, 0.05) is 7.11 Å². The van der Waals surface area contributed by atoms with Gasteiger partial charge in [-0.2, -0.15) is 13.2 Å². The molecule has 0 bridgehead atoms. The second-order valence-corrected chi connectivity index (χ2v) is 1.84. The predicted octanol–water partition coefficient (Wildman–Crippen LogP) is 0.0567. The highest BCUT2D eigenvalue weighted by molar-refractivity contribution is 5.78. The predicted molar refractivity (Wildman–Crippen MR) is 30.0 cm³/mol. The van der Waals surface area contributed by atoms with Gasteiger partial charge >= 0.3 is 17.9 Å². The molecule has 0 aliphatic heterocycles. The molecule has 0 rings (SSSR count). The van der Waals surface area contributed by atoms with Crippen molar-refractivity contribution in [2.24, 2.45) is 0 Å². The maximum atomic E-state index is 11.9. The van der Waals surface area contributed by atoms with E-state index in [2.05, 4.69) is 9.47 Å². The molecule has 1 atom stereocenters. The summed E-state index contributed by atoms with van der Waals surface area (Å²) in [6.07, 6.45) is -5.21. The molecule has 12 heavy (non-hydrogen) atoms. The van der Waals surface area contributed by atoms with Gasteiger partial charge in [-0.25, -0.2) is 4.79 Å². The van der Waals surface area contributed by atoms with Crippen LogP contribution in [0.4, 0.5) is 13.2 Å². The van der Waals surface area contributed by atoms with Crippen LogP contribution in [0, 0.1) is 0 Å². The van der Waals surface area contributed by atoms with Crippen LogP contribution in [0.15, 0.2) is 0 Å². The van der Waals surface area contributed by atoms with E-state index in [1.54, 1.807) is 0 Å². The highest BCUT2D eigenvalue weighted by atomic mass is 19.4. The SMILES string of the molecule is COC(=O)C(O)(OC)C(F)(F)F. The number of hydrogen-bond acceptors (Lipinski definition) is 4. The molecule has 0 heterocycles. The molecule has 0 saturated carbocycles. The van der Waals surface area contributed by atoms with Gasteiger partial charge in [-0.1, -0.05) is 0 Å². The summed E-state index contributed by atoms with van der Waals surface area (Å²) in [6.45, 7) is 0. The molecule has 72 valence electrons. The molecule has 0 saturated heterocycles. The van der Waals surface area contributed by atoms with Crippen LogP contribution >= 0.6 is 0 Å². The van der Waals surface area contributed by atoms with Crippen molar-refractivity contribution in [3.8, 4) is 0 Å². The lowest BCUT2D eigenvalue weighted by Crippen LogP contribution is -2.54. The Labute approximate surface area is 65.9 Å². The molecule has 0 fully saturated rings. The standard InChI is InChI=1S/C5H7F3O4/c1-11-3(9)4(10,12-2)5(6,7)8/h10H,1-2H3. The van der Waals surface area contributed by atoms with Crippen LogP contribution in [0.25, 0.3) is 0 Å².